The Morgan fingerprint density at radius 2 is 1.89 bits per heavy atom. The summed E-state index contributed by atoms with van der Waals surface area (Å²) >= 11 is 0. The second-order valence-corrected chi connectivity index (χ2v) is 5.92. The first kappa shape index (κ1) is 15.7. The predicted molar refractivity (Wildman–Crippen MR) is 72.3 cm³/mol. The Morgan fingerprint density at radius 3 is 2.42 bits per heavy atom. The van der Waals surface area contributed by atoms with E-state index in [1.165, 1.54) is 19.2 Å². The largest absolute Gasteiger partial charge is 0.469 e. The van der Waals surface area contributed by atoms with Gasteiger partial charge in [0.2, 0.25) is 10.0 Å². The lowest BCUT2D eigenvalue weighted by Crippen LogP contribution is -2.24. The number of hydrogen-bond acceptors (Lipinski definition) is 4. The summed E-state index contributed by atoms with van der Waals surface area (Å²) in [5.74, 6) is -0.350. The van der Waals surface area contributed by atoms with Crippen LogP contribution >= 0.6 is 0 Å². The van der Waals surface area contributed by atoms with Gasteiger partial charge in [-0.3, -0.25) is 4.79 Å². The first-order valence-electron chi connectivity index (χ1n) is 6.15. The van der Waals surface area contributed by atoms with Crippen LogP contribution in [0.25, 0.3) is 0 Å². The van der Waals surface area contributed by atoms with E-state index in [-0.39, 0.29) is 17.3 Å². The maximum atomic E-state index is 11.9. The molecule has 0 atom stereocenters. The monoisotopic (exact) mass is 285 g/mol. The second kappa shape index (κ2) is 7.25. The molecule has 0 bridgehead atoms. The Morgan fingerprint density at radius 1 is 1.26 bits per heavy atom. The fraction of sp³-hybridized carbons (Fsp3) is 0.462. The van der Waals surface area contributed by atoms with Crippen molar-refractivity contribution in [1.29, 1.82) is 0 Å². The van der Waals surface area contributed by atoms with Crippen molar-refractivity contribution in [3.63, 3.8) is 0 Å². The number of benzene rings is 1. The van der Waals surface area contributed by atoms with Crippen LogP contribution in [0.15, 0.2) is 29.2 Å². The van der Waals surface area contributed by atoms with Gasteiger partial charge in [-0.25, -0.2) is 13.1 Å². The zero-order valence-corrected chi connectivity index (χ0v) is 12.0. The Hall–Kier alpha value is -1.40. The molecule has 0 fully saturated rings. The lowest BCUT2D eigenvalue weighted by molar-refractivity contribution is -0.139. The van der Waals surface area contributed by atoms with Crippen LogP contribution in [0.4, 0.5) is 0 Å². The maximum Gasteiger partial charge on any atom is 0.309 e. The number of carbonyl (C=O) groups excluding carboxylic acids is 1. The van der Waals surface area contributed by atoms with Gasteiger partial charge in [0.1, 0.15) is 0 Å². The Labute approximate surface area is 114 Å². The second-order valence-electron chi connectivity index (χ2n) is 4.15. The van der Waals surface area contributed by atoms with Gasteiger partial charge in [0, 0.05) is 6.54 Å². The topological polar surface area (TPSA) is 72.5 Å². The van der Waals surface area contributed by atoms with Gasteiger partial charge in [-0.05, 0) is 24.1 Å². The zero-order valence-electron chi connectivity index (χ0n) is 11.2. The van der Waals surface area contributed by atoms with Crippen molar-refractivity contribution in [2.75, 3.05) is 13.7 Å². The highest BCUT2D eigenvalue weighted by Crippen LogP contribution is 2.11. The van der Waals surface area contributed by atoms with Gasteiger partial charge < -0.3 is 4.74 Å². The van der Waals surface area contributed by atoms with Gasteiger partial charge in [-0.2, -0.15) is 0 Å². The predicted octanol–water partition coefficient (Wildman–Crippen LogP) is 1.48. The smallest absolute Gasteiger partial charge is 0.309 e. The molecule has 6 heteroatoms. The molecule has 1 N–H and O–H groups in total. The average molecular weight is 285 g/mol. The van der Waals surface area contributed by atoms with Crippen molar-refractivity contribution < 1.29 is 17.9 Å². The highest BCUT2D eigenvalue weighted by atomic mass is 32.2. The third-order valence-corrected chi connectivity index (χ3v) is 4.11. The van der Waals surface area contributed by atoms with E-state index >= 15 is 0 Å². The van der Waals surface area contributed by atoms with Crippen molar-refractivity contribution >= 4 is 16.0 Å². The number of methoxy groups -OCH3 is 1. The first-order valence-corrected chi connectivity index (χ1v) is 7.63. The number of esters is 1. The summed E-state index contributed by atoms with van der Waals surface area (Å²) in [4.78, 5) is 11.3. The molecule has 0 aliphatic rings. The van der Waals surface area contributed by atoms with E-state index < -0.39 is 10.0 Å². The van der Waals surface area contributed by atoms with Gasteiger partial charge in [0.05, 0.1) is 18.4 Å². The van der Waals surface area contributed by atoms with E-state index in [2.05, 4.69) is 9.46 Å². The highest BCUT2D eigenvalue weighted by Gasteiger charge is 2.13. The molecule has 1 rings (SSSR count). The molecule has 5 nitrogen and oxygen atoms in total. The average Bonchev–Trinajstić information content (AvgIpc) is 2.39. The molecule has 0 heterocycles. The van der Waals surface area contributed by atoms with Gasteiger partial charge in [0.25, 0.3) is 0 Å². The quantitative estimate of drug-likeness (QED) is 0.608. The molecule has 106 valence electrons. The lowest BCUT2D eigenvalue weighted by atomic mass is 10.2. The van der Waals surface area contributed by atoms with E-state index in [1.807, 2.05) is 6.92 Å². The van der Waals surface area contributed by atoms with Crippen LogP contribution in [0, 0.1) is 0 Å². The Balaban J connectivity index is 2.72. The van der Waals surface area contributed by atoms with Gasteiger partial charge in [-0.15, -0.1) is 0 Å². The van der Waals surface area contributed by atoms with E-state index in [4.69, 9.17) is 0 Å². The fourth-order valence-electron chi connectivity index (χ4n) is 1.49. The third kappa shape index (κ3) is 5.00. The van der Waals surface area contributed by atoms with Gasteiger partial charge >= 0.3 is 5.97 Å². The third-order valence-electron chi connectivity index (χ3n) is 2.63. The Bertz CT molecular complexity index is 508. The van der Waals surface area contributed by atoms with E-state index in [9.17, 15) is 13.2 Å². The van der Waals surface area contributed by atoms with Crippen molar-refractivity contribution in [2.45, 2.75) is 31.1 Å². The Kier molecular flexibility index (Phi) is 5.98. The normalized spacial score (nSPS) is 11.3. The van der Waals surface area contributed by atoms with Crippen LogP contribution < -0.4 is 4.72 Å². The number of sulfonamides is 1. The van der Waals surface area contributed by atoms with Crippen LogP contribution in [0.5, 0.6) is 0 Å². The van der Waals surface area contributed by atoms with Crippen LogP contribution in [0.1, 0.15) is 25.3 Å². The standard InChI is InChI=1S/C13H19NO4S/c1-3-4-9-14-19(16,17)12-7-5-11(6-8-12)10-13(15)18-2/h5-8,14H,3-4,9-10H2,1-2H3. The summed E-state index contributed by atoms with van der Waals surface area (Å²) in [6.07, 6.45) is 1.88. The molecule has 0 unspecified atom stereocenters. The van der Waals surface area contributed by atoms with E-state index in [0.717, 1.165) is 18.4 Å². The molecule has 0 saturated heterocycles. The maximum absolute atomic E-state index is 11.9. The number of unbranched alkanes of at least 4 members (excludes halogenated alkanes) is 1. The van der Waals surface area contributed by atoms with Crippen LogP contribution in [0.3, 0.4) is 0 Å². The summed E-state index contributed by atoms with van der Waals surface area (Å²) in [6, 6.07) is 6.22. The zero-order chi connectivity index (χ0) is 14.3. The minimum absolute atomic E-state index is 0.139. The number of nitrogens with one attached hydrogen (secondary N) is 1. The minimum atomic E-state index is -3.45. The molecule has 1 aromatic carbocycles. The van der Waals surface area contributed by atoms with Crippen molar-refractivity contribution in [2.24, 2.45) is 0 Å². The SMILES string of the molecule is CCCCNS(=O)(=O)c1ccc(CC(=O)OC)cc1. The lowest BCUT2D eigenvalue weighted by Gasteiger charge is -2.07. The minimum Gasteiger partial charge on any atom is -0.469 e. The van der Waals surface area contributed by atoms with Gasteiger partial charge in [-0.1, -0.05) is 25.5 Å². The molecule has 0 radical (unpaired) electrons. The highest BCUT2D eigenvalue weighted by molar-refractivity contribution is 7.89. The summed E-state index contributed by atoms with van der Waals surface area (Å²) in [5.41, 5.74) is 0.722. The molecule has 0 aliphatic carbocycles. The molecule has 0 saturated carbocycles. The molecule has 0 aromatic heterocycles. The summed E-state index contributed by atoms with van der Waals surface area (Å²) in [6.45, 7) is 2.43. The molecule has 0 spiro atoms. The molecule has 0 amide bonds. The fourth-order valence-corrected chi connectivity index (χ4v) is 2.57. The summed E-state index contributed by atoms with van der Waals surface area (Å²) < 4.78 is 30.9. The summed E-state index contributed by atoms with van der Waals surface area (Å²) in [5, 5.41) is 0. The molecule has 1 aromatic rings. The van der Waals surface area contributed by atoms with E-state index in [0.29, 0.717) is 6.54 Å². The van der Waals surface area contributed by atoms with Crippen LogP contribution in [-0.4, -0.2) is 28.0 Å². The number of ether oxygens (including phenoxy) is 1. The molecular formula is C13H19NO4S. The van der Waals surface area contributed by atoms with Crippen molar-refractivity contribution in [3.05, 3.63) is 29.8 Å². The number of rotatable bonds is 7. The van der Waals surface area contributed by atoms with Crippen molar-refractivity contribution in [3.8, 4) is 0 Å². The van der Waals surface area contributed by atoms with Gasteiger partial charge in [0.15, 0.2) is 0 Å². The van der Waals surface area contributed by atoms with Crippen LogP contribution in [-0.2, 0) is 26.0 Å². The van der Waals surface area contributed by atoms with Crippen LogP contribution in [0.2, 0.25) is 0 Å². The number of carbonyl (C=O) groups is 1. The first-order chi connectivity index (χ1) is 8.99. The van der Waals surface area contributed by atoms with E-state index in [1.54, 1.807) is 12.1 Å². The number of hydrogen-bond donors (Lipinski definition) is 1. The summed E-state index contributed by atoms with van der Waals surface area (Å²) in [7, 11) is -2.13. The molecule has 19 heavy (non-hydrogen) atoms. The van der Waals surface area contributed by atoms with Crippen molar-refractivity contribution in [1.82, 2.24) is 4.72 Å². The molecular weight excluding hydrogens is 266 g/mol. The molecule has 0 aliphatic heterocycles.